The first-order valence-corrected chi connectivity index (χ1v) is 11.3. The molecule has 1 atom stereocenters. The fourth-order valence-corrected chi connectivity index (χ4v) is 4.11. The summed E-state index contributed by atoms with van der Waals surface area (Å²) < 4.78 is 14.9. The van der Waals surface area contributed by atoms with Crippen LogP contribution < -0.4 is 10.6 Å². The summed E-state index contributed by atoms with van der Waals surface area (Å²) in [6, 6.07) is 20.6. The van der Waals surface area contributed by atoms with Crippen LogP contribution in [-0.2, 0) is 4.79 Å². The van der Waals surface area contributed by atoms with E-state index in [0.29, 0.717) is 12.1 Å². The minimum absolute atomic E-state index is 0.0149. The van der Waals surface area contributed by atoms with Gasteiger partial charge in [-0.25, -0.2) is 4.39 Å². The summed E-state index contributed by atoms with van der Waals surface area (Å²) in [5.74, 6) is -1.16. The number of amides is 2. The van der Waals surface area contributed by atoms with Gasteiger partial charge in [0.1, 0.15) is 5.82 Å². The molecule has 3 aromatic carbocycles. The van der Waals surface area contributed by atoms with Gasteiger partial charge < -0.3 is 10.6 Å². The van der Waals surface area contributed by atoms with Gasteiger partial charge in [-0.15, -0.1) is 11.8 Å². The average Bonchev–Trinajstić information content (AvgIpc) is 2.74. The highest BCUT2D eigenvalue weighted by Crippen LogP contribution is 2.29. The molecular formula is C23H20FIN2O2S. The molecule has 154 valence electrons. The van der Waals surface area contributed by atoms with E-state index in [4.69, 9.17) is 0 Å². The molecule has 2 amide bonds. The van der Waals surface area contributed by atoms with Crippen molar-refractivity contribution >= 4 is 57.5 Å². The van der Waals surface area contributed by atoms with Gasteiger partial charge in [0, 0.05) is 19.8 Å². The van der Waals surface area contributed by atoms with Gasteiger partial charge >= 0.3 is 0 Å². The molecule has 3 aromatic rings. The van der Waals surface area contributed by atoms with E-state index in [2.05, 4.69) is 33.2 Å². The van der Waals surface area contributed by atoms with Gasteiger partial charge in [-0.3, -0.25) is 9.59 Å². The van der Waals surface area contributed by atoms with Gasteiger partial charge in [0.2, 0.25) is 5.91 Å². The monoisotopic (exact) mass is 534 g/mol. The molecular weight excluding hydrogens is 514 g/mol. The maximum atomic E-state index is 13.8. The fourth-order valence-electron chi connectivity index (χ4n) is 2.73. The number of benzene rings is 3. The van der Waals surface area contributed by atoms with Crippen molar-refractivity contribution in [2.45, 2.75) is 23.5 Å². The van der Waals surface area contributed by atoms with E-state index in [0.717, 1.165) is 14.2 Å². The van der Waals surface area contributed by atoms with E-state index in [9.17, 15) is 14.0 Å². The van der Waals surface area contributed by atoms with Gasteiger partial charge in [-0.1, -0.05) is 25.1 Å². The number of anilines is 2. The lowest BCUT2D eigenvalue weighted by Gasteiger charge is -2.15. The van der Waals surface area contributed by atoms with E-state index in [1.807, 2.05) is 37.3 Å². The number of carbonyl (C=O) groups excluding carboxylic acids is 2. The molecule has 0 fully saturated rings. The van der Waals surface area contributed by atoms with Crippen molar-refractivity contribution in [1.82, 2.24) is 0 Å². The van der Waals surface area contributed by atoms with Crippen LogP contribution in [0.15, 0.2) is 77.7 Å². The molecule has 0 aromatic heterocycles. The van der Waals surface area contributed by atoms with Crippen LogP contribution in [0, 0.1) is 9.39 Å². The first kappa shape index (κ1) is 22.3. The van der Waals surface area contributed by atoms with Crippen molar-refractivity contribution in [3.63, 3.8) is 0 Å². The number of nitrogens with one attached hydrogen (secondary N) is 2. The van der Waals surface area contributed by atoms with Crippen molar-refractivity contribution < 1.29 is 14.0 Å². The van der Waals surface area contributed by atoms with Crippen molar-refractivity contribution in [1.29, 1.82) is 0 Å². The van der Waals surface area contributed by atoms with Crippen molar-refractivity contribution in [2.24, 2.45) is 0 Å². The third kappa shape index (κ3) is 6.06. The van der Waals surface area contributed by atoms with Crippen LogP contribution in [0.25, 0.3) is 0 Å². The quantitative estimate of drug-likeness (QED) is 0.281. The fraction of sp³-hybridized carbons (Fsp3) is 0.130. The van der Waals surface area contributed by atoms with E-state index in [1.165, 1.54) is 30.0 Å². The molecule has 0 spiro atoms. The molecule has 0 radical (unpaired) electrons. The molecule has 2 N–H and O–H groups in total. The standard InChI is InChI=1S/C23H20FIN2O2S/c1-2-21(23(29)26-16-12-10-15(25)11-13-16)30-18-7-5-6-17(14-18)27-22(28)19-8-3-4-9-20(19)24/h3-14,21H,2H2,1H3,(H,26,29)(H,27,28). The lowest BCUT2D eigenvalue weighted by Crippen LogP contribution is -2.24. The Kier molecular flexibility index (Phi) is 7.87. The smallest absolute Gasteiger partial charge is 0.258 e. The summed E-state index contributed by atoms with van der Waals surface area (Å²) in [6.07, 6.45) is 0.646. The zero-order valence-electron chi connectivity index (χ0n) is 16.2. The van der Waals surface area contributed by atoms with E-state index < -0.39 is 11.7 Å². The van der Waals surface area contributed by atoms with Crippen LogP contribution in [0.2, 0.25) is 0 Å². The van der Waals surface area contributed by atoms with Gasteiger partial charge in [0.15, 0.2) is 0 Å². The maximum absolute atomic E-state index is 13.8. The summed E-state index contributed by atoms with van der Waals surface area (Å²) in [5, 5.41) is 5.36. The largest absolute Gasteiger partial charge is 0.325 e. The minimum atomic E-state index is -0.571. The van der Waals surface area contributed by atoms with Crippen molar-refractivity contribution in [3.05, 3.63) is 87.7 Å². The second kappa shape index (κ2) is 10.6. The molecule has 0 aliphatic rings. The third-order valence-corrected chi connectivity index (χ3v) is 6.34. The summed E-state index contributed by atoms with van der Waals surface area (Å²) >= 11 is 3.64. The van der Waals surface area contributed by atoms with Gasteiger partial charge in [-0.2, -0.15) is 0 Å². The Morgan fingerprint density at radius 1 is 0.967 bits per heavy atom. The maximum Gasteiger partial charge on any atom is 0.258 e. The van der Waals surface area contributed by atoms with E-state index in [1.54, 1.807) is 24.3 Å². The van der Waals surface area contributed by atoms with Crippen LogP contribution in [0.3, 0.4) is 0 Å². The zero-order chi connectivity index (χ0) is 21.5. The summed E-state index contributed by atoms with van der Waals surface area (Å²) in [4.78, 5) is 25.8. The Hall–Kier alpha value is -2.39. The zero-order valence-corrected chi connectivity index (χ0v) is 19.2. The number of halogens is 2. The number of rotatable bonds is 7. The Labute approximate surface area is 192 Å². The second-order valence-electron chi connectivity index (χ2n) is 6.47. The molecule has 0 heterocycles. The Bertz CT molecular complexity index is 1040. The highest BCUT2D eigenvalue weighted by atomic mass is 127. The molecule has 0 bridgehead atoms. The predicted octanol–water partition coefficient (Wildman–Crippen LogP) is 6.19. The van der Waals surface area contributed by atoms with Crippen LogP contribution in [0.1, 0.15) is 23.7 Å². The SMILES string of the molecule is CCC(Sc1cccc(NC(=O)c2ccccc2F)c1)C(=O)Nc1ccc(I)cc1. The number of hydrogen-bond donors (Lipinski definition) is 2. The molecule has 7 heteroatoms. The molecule has 0 saturated heterocycles. The van der Waals surface area contributed by atoms with Crippen LogP contribution >= 0.6 is 34.4 Å². The van der Waals surface area contributed by atoms with Gasteiger partial charge in [0.25, 0.3) is 5.91 Å². The van der Waals surface area contributed by atoms with E-state index in [-0.39, 0.29) is 16.7 Å². The van der Waals surface area contributed by atoms with E-state index >= 15 is 0 Å². The summed E-state index contributed by atoms with van der Waals surface area (Å²) in [7, 11) is 0. The molecule has 0 aliphatic heterocycles. The molecule has 30 heavy (non-hydrogen) atoms. The van der Waals surface area contributed by atoms with Crippen LogP contribution in [-0.4, -0.2) is 17.1 Å². The lowest BCUT2D eigenvalue weighted by molar-refractivity contribution is -0.115. The highest BCUT2D eigenvalue weighted by Gasteiger charge is 2.19. The van der Waals surface area contributed by atoms with Crippen molar-refractivity contribution in [2.75, 3.05) is 10.6 Å². The third-order valence-electron chi connectivity index (χ3n) is 4.26. The average molecular weight is 534 g/mol. The van der Waals surface area contributed by atoms with Crippen LogP contribution in [0.5, 0.6) is 0 Å². The second-order valence-corrected chi connectivity index (χ2v) is 8.99. The number of thioether (sulfide) groups is 1. The highest BCUT2D eigenvalue weighted by molar-refractivity contribution is 14.1. The van der Waals surface area contributed by atoms with Crippen LogP contribution in [0.4, 0.5) is 15.8 Å². The Morgan fingerprint density at radius 3 is 2.40 bits per heavy atom. The molecule has 1 unspecified atom stereocenters. The first-order chi connectivity index (χ1) is 14.5. The molecule has 0 saturated carbocycles. The normalized spacial score (nSPS) is 11.6. The Balaban J connectivity index is 1.67. The summed E-state index contributed by atoms with van der Waals surface area (Å²) in [5.41, 5.74) is 1.28. The molecule has 4 nitrogen and oxygen atoms in total. The molecule has 3 rings (SSSR count). The minimum Gasteiger partial charge on any atom is -0.325 e. The predicted molar refractivity (Wildman–Crippen MR) is 129 cm³/mol. The topological polar surface area (TPSA) is 58.2 Å². The van der Waals surface area contributed by atoms with Gasteiger partial charge in [-0.05, 0) is 83.6 Å². The number of hydrogen-bond acceptors (Lipinski definition) is 3. The summed E-state index contributed by atoms with van der Waals surface area (Å²) in [6.45, 7) is 1.95. The number of carbonyl (C=O) groups is 2. The van der Waals surface area contributed by atoms with Crippen molar-refractivity contribution in [3.8, 4) is 0 Å². The molecule has 0 aliphatic carbocycles. The first-order valence-electron chi connectivity index (χ1n) is 9.35. The Morgan fingerprint density at radius 2 is 1.70 bits per heavy atom. The van der Waals surface area contributed by atoms with Gasteiger partial charge in [0.05, 0.1) is 10.8 Å². The lowest BCUT2D eigenvalue weighted by atomic mass is 10.2.